The van der Waals surface area contributed by atoms with Crippen molar-refractivity contribution in [3.63, 3.8) is 0 Å². The quantitative estimate of drug-likeness (QED) is 0.255. The van der Waals surface area contributed by atoms with Gasteiger partial charge in [-0.2, -0.15) is 11.8 Å². The van der Waals surface area contributed by atoms with Gasteiger partial charge in [-0.05, 0) is 11.6 Å². The number of oxime groups is 1. The lowest BCUT2D eigenvalue weighted by Gasteiger charge is -2.07. The summed E-state index contributed by atoms with van der Waals surface area (Å²) in [5, 5.41) is 29.3. The molecule has 6 heteroatoms. The van der Waals surface area contributed by atoms with Gasteiger partial charge in [-0.3, -0.25) is 0 Å². The van der Waals surface area contributed by atoms with Crippen molar-refractivity contribution in [3.8, 4) is 0 Å². The van der Waals surface area contributed by atoms with Gasteiger partial charge in [0.15, 0.2) is 5.84 Å². The molecule has 1 atom stereocenters. The highest BCUT2D eigenvalue weighted by molar-refractivity contribution is 7.98. The van der Waals surface area contributed by atoms with Crippen LogP contribution in [0.5, 0.6) is 0 Å². The number of hydrogen-bond acceptors (Lipinski definition) is 5. The normalized spacial score (nSPS) is 13.6. The van der Waals surface area contributed by atoms with Crippen LogP contribution in [0.15, 0.2) is 29.4 Å². The van der Waals surface area contributed by atoms with Crippen molar-refractivity contribution < 1.29 is 15.4 Å². The molecule has 0 heterocycles. The van der Waals surface area contributed by atoms with E-state index in [1.165, 1.54) is 11.8 Å². The van der Waals surface area contributed by atoms with Crippen LogP contribution in [0.25, 0.3) is 0 Å². The molecule has 0 fully saturated rings. The van der Waals surface area contributed by atoms with E-state index < -0.39 is 6.10 Å². The molecule has 0 saturated heterocycles. The van der Waals surface area contributed by atoms with Crippen LogP contribution in [0.3, 0.4) is 0 Å². The molecular formula is C11H16N2O3S. The second-order valence-electron chi connectivity index (χ2n) is 3.54. The van der Waals surface area contributed by atoms with Crippen LogP contribution < -0.4 is 5.73 Å². The Labute approximate surface area is 104 Å². The van der Waals surface area contributed by atoms with E-state index in [1.54, 1.807) is 6.07 Å². The van der Waals surface area contributed by atoms with E-state index in [4.69, 9.17) is 16.0 Å². The third-order valence-corrected chi connectivity index (χ3v) is 3.28. The Morgan fingerprint density at radius 3 is 2.88 bits per heavy atom. The molecule has 0 aliphatic heterocycles. The SMILES string of the molecule is NC(=NO)c1cccc(CSCC(O)CO)c1. The van der Waals surface area contributed by atoms with E-state index in [0.29, 0.717) is 17.1 Å². The summed E-state index contributed by atoms with van der Waals surface area (Å²) in [4.78, 5) is 0. The van der Waals surface area contributed by atoms with Gasteiger partial charge in [0.25, 0.3) is 0 Å². The molecule has 0 bridgehead atoms. The lowest BCUT2D eigenvalue weighted by atomic mass is 10.1. The molecule has 5 nitrogen and oxygen atoms in total. The zero-order valence-corrected chi connectivity index (χ0v) is 10.1. The van der Waals surface area contributed by atoms with Crippen molar-refractivity contribution in [2.24, 2.45) is 10.9 Å². The second kappa shape index (κ2) is 7.16. The zero-order chi connectivity index (χ0) is 12.7. The molecule has 0 aliphatic carbocycles. The Kier molecular flexibility index (Phi) is 5.82. The molecule has 0 saturated carbocycles. The molecule has 94 valence electrons. The first kappa shape index (κ1) is 13.8. The van der Waals surface area contributed by atoms with Gasteiger partial charge in [-0.25, -0.2) is 0 Å². The van der Waals surface area contributed by atoms with E-state index >= 15 is 0 Å². The van der Waals surface area contributed by atoms with Crippen LogP contribution in [-0.4, -0.2) is 39.7 Å². The first-order valence-corrected chi connectivity index (χ1v) is 6.26. The van der Waals surface area contributed by atoms with Crippen LogP contribution in [0.4, 0.5) is 0 Å². The van der Waals surface area contributed by atoms with E-state index in [0.717, 1.165) is 5.56 Å². The highest BCUT2D eigenvalue weighted by Gasteiger charge is 2.04. The Bertz CT molecular complexity index is 385. The highest BCUT2D eigenvalue weighted by atomic mass is 32.2. The fourth-order valence-electron chi connectivity index (χ4n) is 1.24. The minimum Gasteiger partial charge on any atom is -0.409 e. The molecule has 1 aromatic rings. The number of nitrogens with two attached hydrogens (primary N) is 1. The summed E-state index contributed by atoms with van der Waals surface area (Å²) in [5.41, 5.74) is 7.16. The highest BCUT2D eigenvalue weighted by Crippen LogP contribution is 2.14. The summed E-state index contributed by atoms with van der Waals surface area (Å²) in [7, 11) is 0. The predicted octanol–water partition coefficient (Wildman–Crippen LogP) is 0.367. The maximum Gasteiger partial charge on any atom is 0.170 e. The largest absolute Gasteiger partial charge is 0.409 e. The van der Waals surface area contributed by atoms with Gasteiger partial charge in [-0.15, -0.1) is 0 Å². The molecule has 5 N–H and O–H groups in total. The van der Waals surface area contributed by atoms with Crippen molar-refractivity contribution in [1.82, 2.24) is 0 Å². The maximum absolute atomic E-state index is 9.17. The number of amidine groups is 1. The second-order valence-corrected chi connectivity index (χ2v) is 4.57. The number of thioether (sulfide) groups is 1. The molecule has 0 amide bonds. The first-order valence-electron chi connectivity index (χ1n) is 5.11. The third kappa shape index (κ3) is 4.64. The van der Waals surface area contributed by atoms with Crippen molar-refractivity contribution in [1.29, 1.82) is 0 Å². The Balaban J connectivity index is 2.54. The maximum atomic E-state index is 9.17. The standard InChI is InChI=1S/C11H16N2O3S/c12-11(13-16)9-3-1-2-8(4-9)6-17-7-10(15)5-14/h1-4,10,14-16H,5-7H2,(H2,12,13). The lowest BCUT2D eigenvalue weighted by molar-refractivity contribution is 0.113. The van der Waals surface area contributed by atoms with Gasteiger partial charge < -0.3 is 21.2 Å². The summed E-state index contributed by atoms with van der Waals surface area (Å²) in [5.74, 6) is 1.25. The molecule has 0 aromatic heterocycles. The Hall–Kier alpha value is -1.24. The number of aliphatic hydroxyl groups excluding tert-OH is 2. The molecule has 1 aromatic carbocycles. The molecular weight excluding hydrogens is 240 g/mol. The van der Waals surface area contributed by atoms with Crippen molar-refractivity contribution in [2.45, 2.75) is 11.9 Å². The van der Waals surface area contributed by atoms with E-state index in [2.05, 4.69) is 5.16 Å². The number of aliphatic hydroxyl groups is 2. The zero-order valence-electron chi connectivity index (χ0n) is 9.28. The predicted molar refractivity (Wildman–Crippen MR) is 68.2 cm³/mol. The van der Waals surface area contributed by atoms with E-state index in [1.807, 2.05) is 18.2 Å². The third-order valence-electron chi connectivity index (χ3n) is 2.12. The van der Waals surface area contributed by atoms with Crippen LogP contribution >= 0.6 is 11.8 Å². The minimum atomic E-state index is -0.688. The van der Waals surface area contributed by atoms with Gasteiger partial charge in [-0.1, -0.05) is 23.4 Å². The Morgan fingerprint density at radius 2 is 2.24 bits per heavy atom. The van der Waals surface area contributed by atoms with Crippen molar-refractivity contribution >= 4 is 17.6 Å². The fraction of sp³-hybridized carbons (Fsp3) is 0.364. The smallest absolute Gasteiger partial charge is 0.170 e. The van der Waals surface area contributed by atoms with Crippen molar-refractivity contribution in [3.05, 3.63) is 35.4 Å². The average Bonchev–Trinajstić information content (AvgIpc) is 2.38. The molecule has 17 heavy (non-hydrogen) atoms. The number of nitrogens with zero attached hydrogens (tertiary/aromatic N) is 1. The van der Waals surface area contributed by atoms with Gasteiger partial charge in [0.1, 0.15) is 0 Å². The monoisotopic (exact) mass is 256 g/mol. The molecule has 0 spiro atoms. The first-order chi connectivity index (χ1) is 8.17. The summed E-state index contributed by atoms with van der Waals surface area (Å²) in [6, 6.07) is 7.33. The number of rotatable bonds is 6. The van der Waals surface area contributed by atoms with Gasteiger partial charge in [0.2, 0.25) is 0 Å². The van der Waals surface area contributed by atoms with E-state index in [-0.39, 0.29) is 12.4 Å². The molecule has 0 aliphatic rings. The van der Waals surface area contributed by atoms with E-state index in [9.17, 15) is 5.11 Å². The summed E-state index contributed by atoms with van der Waals surface area (Å²) in [6.07, 6.45) is -0.688. The van der Waals surface area contributed by atoms with Crippen LogP contribution in [-0.2, 0) is 5.75 Å². The van der Waals surface area contributed by atoms with Crippen LogP contribution in [0.1, 0.15) is 11.1 Å². The number of hydrogen-bond donors (Lipinski definition) is 4. The van der Waals surface area contributed by atoms with Gasteiger partial charge in [0, 0.05) is 17.1 Å². The van der Waals surface area contributed by atoms with Crippen LogP contribution in [0, 0.1) is 0 Å². The summed E-state index contributed by atoms with van der Waals surface area (Å²) < 4.78 is 0. The fourth-order valence-corrected chi connectivity index (χ4v) is 2.15. The number of benzene rings is 1. The summed E-state index contributed by atoms with van der Waals surface area (Å²) in [6.45, 7) is -0.225. The Morgan fingerprint density at radius 1 is 1.47 bits per heavy atom. The average molecular weight is 256 g/mol. The minimum absolute atomic E-state index is 0.0762. The summed E-state index contributed by atoms with van der Waals surface area (Å²) >= 11 is 1.51. The lowest BCUT2D eigenvalue weighted by Crippen LogP contribution is -2.15. The van der Waals surface area contributed by atoms with Gasteiger partial charge in [0.05, 0.1) is 12.7 Å². The van der Waals surface area contributed by atoms with Crippen molar-refractivity contribution in [2.75, 3.05) is 12.4 Å². The molecule has 1 unspecified atom stereocenters. The van der Waals surface area contributed by atoms with Gasteiger partial charge >= 0.3 is 0 Å². The topological polar surface area (TPSA) is 99.1 Å². The molecule has 0 radical (unpaired) electrons. The molecule has 1 rings (SSSR count). The van der Waals surface area contributed by atoms with Crippen LogP contribution in [0.2, 0.25) is 0 Å².